The molecule has 186 valence electrons. The standard InChI is InChI=1S/C29H32N4O3/c1-3-35-23-14-15-24-25(16-23)33(22-8-5-9-22)27(26(24)28-30-18(2)17-36-28)19-10-12-21(13-11-19)32-29(34)31-20-6-4-7-20/h10-17,20,22H,3-9H2,1-2H3,(H2,31,32,34). The van der Waals surface area contributed by atoms with E-state index in [1.54, 1.807) is 6.26 Å². The summed E-state index contributed by atoms with van der Waals surface area (Å²) < 4.78 is 14.3. The Hall–Kier alpha value is -3.74. The van der Waals surface area contributed by atoms with Crippen LogP contribution in [0.15, 0.2) is 53.1 Å². The van der Waals surface area contributed by atoms with E-state index in [9.17, 15) is 4.79 Å². The lowest BCUT2D eigenvalue weighted by atomic mass is 9.92. The zero-order valence-electron chi connectivity index (χ0n) is 20.8. The van der Waals surface area contributed by atoms with Crippen LogP contribution in [0.2, 0.25) is 0 Å². The van der Waals surface area contributed by atoms with Gasteiger partial charge in [-0.25, -0.2) is 9.78 Å². The fourth-order valence-corrected chi connectivity index (χ4v) is 5.16. The molecule has 0 radical (unpaired) electrons. The number of fused-ring (bicyclic) bond motifs is 1. The van der Waals surface area contributed by atoms with Crippen LogP contribution in [0.25, 0.3) is 33.6 Å². The average Bonchev–Trinajstić information content (AvgIpc) is 3.37. The first-order valence-electron chi connectivity index (χ1n) is 13.0. The van der Waals surface area contributed by atoms with E-state index < -0.39 is 0 Å². The van der Waals surface area contributed by atoms with Gasteiger partial charge in [0.2, 0.25) is 5.89 Å². The molecule has 0 saturated heterocycles. The summed E-state index contributed by atoms with van der Waals surface area (Å²) in [7, 11) is 0. The van der Waals surface area contributed by atoms with E-state index in [-0.39, 0.29) is 6.03 Å². The molecule has 0 aliphatic heterocycles. The Bertz CT molecular complexity index is 1390. The van der Waals surface area contributed by atoms with Gasteiger partial charge in [-0.1, -0.05) is 12.1 Å². The lowest BCUT2D eigenvalue weighted by Gasteiger charge is -2.30. The predicted molar refractivity (Wildman–Crippen MR) is 141 cm³/mol. The number of hydrogen-bond donors (Lipinski definition) is 2. The molecule has 2 aromatic heterocycles. The maximum atomic E-state index is 12.3. The van der Waals surface area contributed by atoms with Crippen LogP contribution in [0.3, 0.4) is 0 Å². The number of anilines is 1. The molecular weight excluding hydrogens is 452 g/mol. The molecule has 2 heterocycles. The predicted octanol–water partition coefficient (Wildman–Crippen LogP) is 7.07. The number of urea groups is 1. The molecule has 0 spiro atoms. The molecular formula is C29H32N4O3. The van der Waals surface area contributed by atoms with E-state index in [0.29, 0.717) is 24.6 Å². The van der Waals surface area contributed by atoms with Crippen LogP contribution in [-0.2, 0) is 0 Å². The Kier molecular flexibility index (Phi) is 5.91. The number of oxazole rings is 1. The van der Waals surface area contributed by atoms with Gasteiger partial charge in [0.05, 0.1) is 29.1 Å². The van der Waals surface area contributed by atoms with Crippen molar-refractivity contribution in [2.24, 2.45) is 0 Å². The minimum absolute atomic E-state index is 0.143. The molecule has 2 aromatic carbocycles. The van der Waals surface area contributed by atoms with Gasteiger partial charge in [0.15, 0.2) is 0 Å². The number of carbonyl (C=O) groups is 1. The van der Waals surface area contributed by atoms with Crippen molar-refractivity contribution in [2.75, 3.05) is 11.9 Å². The number of hydrogen-bond acceptors (Lipinski definition) is 4. The zero-order valence-corrected chi connectivity index (χ0v) is 20.8. The summed E-state index contributed by atoms with van der Waals surface area (Å²) in [6, 6.07) is 14.9. The molecule has 2 amide bonds. The molecule has 2 aliphatic rings. The van der Waals surface area contributed by atoms with Gasteiger partial charge in [0, 0.05) is 29.2 Å². The smallest absolute Gasteiger partial charge is 0.319 e. The highest BCUT2D eigenvalue weighted by Gasteiger charge is 2.30. The molecule has 0 unspecified atom stereocenters. The van der Waals surface area contributed by atoms with Crippen molar-refractivity contribution in [3.8, 4) is 28.5 Å². The van der Waals surface area contributed by atoms with Crippen molar-refractivity contribution < 1.29 is 13.9 Å². The van der Waals surface area contributed by atoms with E-state index in [2.05, 4.69) is 39.5 Å². The van der Waals surface area contributed by atoms with Gasteiger partial charge >= 0.3 is 6.03 Å². The molecule has 0 atom stereocenters. The highest BCUT2D eigenvalue weighted by Crippen LogP contribution is 2.47. The van der Waals surface area contributed by atoms with Crippen molar-refractivity contribution in [2.45, 2.75) is 64.5 Å². The number of carbonyl (C=O) groups excluding carboxylic acids is 1. The lowest BCUT2D eigenvalue weighted by Crippen LogP contribution is -2.41. The summed E-state index contributed by atoms with van der Waals surface area (Å²) in [5.74, 6) is 1.48. The second-order valence-corrected chi connectivity index (χ2v) is 9.89. The monoisotopic (exact) mass is 484 g/mol. The third kappa shape index (κ3) is 4.12. The van der Waals surface area contributed by atoms with Gasteiger partial charge in [-0.3, -0.25) is 0 Å². The number of benzene rings is 2. The molecule has 4 aromatic rings. The Labute approximate surface area is 210 Å². The number of aromatic nitrogens is 2. The number of aryl methyl sites for hydroxylation is 1. The Morgan fingerprint density at radius 2 is 1.89 bits per heavy atom. The van der Waals surface area contributed by atoms with Crippen molar-refractivity contribution in [1.29, 1.82) is 0 Å². The van der Waals surface area contributed by atoms with Crippen LogP contribution in [0.5, 0.6) is 5.75 Å². The normalized spacial score (nSPS) is 15.9. The lowest BCUT2D eigenvalue weighted by molar-refractivity contribution is 0.240. The molecule has 2 saturated carbocycles. The number of amides is 2. The summed E-state index contributed by atoms with van der Waals surface area (Å²) in [6.07, 6.45) is 8.52. The van der Waals surface area contributed by atoms with Gasteiger partial charge in [-0.15, -0.1) is 0 Å². The van der Waals surface area contributed by atoms with Crippen molar-refractivity contribution in [1.82, 2.24) is 14.9 Å². The first-order chi connectivity index (χ1) is 17.6. The van der Waals surface area contributed by atoms with Crippen LogP contribution in [-0.4, -0.2) is 28.2 Å². The third-order valence-corrected chi connectivity index (χ3v) is 7.42. The first kappa shape index (κ1) is 22.7. The van der Waals surface area contributed by atoms with Gasteiger partial charge in [0.1, 0.15) is 12.0 Å². The molecule has 7 nitrogen and oxygen atoms in total. The van der Waals surface area contributed by atoms with E-state index in [0.717, 1.165) is 70.5 Å². The molecule has 2 aliphatic carbocycles. The summed E-state index contributed by atoms with van der Waals surface area (Å²) in [4.78, 5) is 17.1. The van der Waals surface area contributed by atoms with E-state index in [1.165, 1.54) is 12.8 Å². The minimum Gasteiger partial charge on any atom is -0.494 e. The highest BCUT2D eigenvalue weighted by molar-refractivity contribution is 6.03. The van der Waals surface area contributed by atoms with Crippen molar-refractivity contribution >= 4 is 22.6 Å². The number of rotatable bonds is 7. The number of nitrogens with one attached hydrogen (secondary N) is 2. The van der Waals surface area contributed by atoms with E-state index >= 15 is 0 Å². The topological polar surface area (TPSA) is 81.3 Å². The largest absolute Gasteiger partial charge is 0.494 e. The fraction of sp³-hybridized carbons (Fsp3) is 0.379. The minimum atomic E-state index is -0.143. The van der Waals surface area contributed by atoms with Crippen LogP contribution in [0.1, 0.15) is 57.2 Å². The molecule has 2 fully saturated rings. The highest BCUT2D eigenvalue weighted by atomic mass is 16.5. The van der Waals surface area contributed by atoms with Crippen molar-refractivity contribution in [3.63, 3.8) is 0 Å². The quantitative estimate of drug-likeness (QED) is 0.294. The van der Waals surface area contributed by atoms with Crippen LogP contribution < -0.4 is 15.4 Å². The van der Waals surface area contributed by atoms with Crippen LogP contribution in [0.4, 0.5) is 10.5 Å². The molecule has 6 rings (SSSR count). The second kappa shape index (κ2) is 9.37. The van der Waals surface area contributed by atoms with E-state index in [1.807, 2.05) is 32.0 Å². The van der Waals surface area contributed by atoms with Crippen LogP contribution >= 0.6 is 0 Å². The second-order valence-electron chi connectivity index (χ2n) is 9.89. The van der Waals surface area contributed by atoms with E-state index in [4.69, 9.17) is 14.1 Å². The molecule has 2 N–H and O–H groups in total. The Morgan fingerprint density at radius 3 is 2.50 bits per heavy atom. The van der Waals surface area contributed by atoms with Crippen LogP contribution in [0, 0.1) is 6.92 Å². The maximum absolute atomic E-state index is 12.3. The summed E-state index contributed by atoms with van der Waals surface area (Å²) >= 11 is 0. The molecule has 0 bridgehead atoms. The molecule has 36 heavy (non-hydrogen) atoms. The Morgan fingerprint density at radius 1 is 1.11 bits per heavy atom. The Balaban J connectivity index is 1.45. The number of ether oxygens (including phenoxy) is 1. The zero-order chi connectivity index (χ0) is 24.6. The SMILES string of the molecule is CCOc1ccc2c(-c3nc(C)co3)c(-c3ccc(NC(=O)NC4CCC4)cc3)n(C3CCC3)c2c1. The first-order valence-corrected chi connectivity index (χ1v) is 13.0. The van der Waals surface area contributed by atoms with Gasteiger partial charge in [-0.2, -0.15) is 0 Å². The number of nitrogens with zero attached hydrogens (tertiary/aromatic N) is 2. The van der Waals surface area contributed by atoms with Crippen molar-refractivity contribution in [3.05, 3.63) is 54.4 Å². The summed E-state index contributed by atoms with van der Waals surface area (Å²) in [5.41, 5.74) is 5.91. The van der Waals surface area contributed by atoms with Gasteiger partial charge in [-0.05, 0) is 82.2 Å². The maximum Gasteiger partial charge on any atom is 0.319 e. The van der Waals surface area contributed by atoms with Gasteiger partial charge in [0.25, 0.3) is 0 Å². The van der Waals surface area contributed by atoms with Gasteiger partial charge < -0.3 is 24.4 Å². The third-order valence-electron chi connectivity index (χ3n) is 7.42. The summed E-state index contributed by atoms with van der Waals surface area (Å²) in [5, 5.41) is 7.10. The summed E-state index contributed by atoms with van der Waals surface area (Å²) in [6.45, 7) is 4.57. The average molecular weight is 485 g/mol. The fourth-order valence-electron chi connectivity index (χ4n) is 5.16. The molecule has 7 heteroatoms.